The molecule has 120 valence electrons. The van der Waals surface area contributed by atoms with Gasteiger partial charge >= 0.3 is 0 Å². The molecule has 2 aliphatic heterocycles. The number of hydrogen-bond acceptors (Lipinski definition) is 4. The van der Waals surface area contributed by atoms with Crippen LogP contribution in [0.15, 0.2) is 46.9 Å². The molecule has 1 saturated heterocycles. The maximum atomic E-state index is 12.0. The van der Waals surface area contributed by atoms with Crippen molar-refractivity contribution in [3.8, 4) is 6.07 Å². The molecule has 0 saturated carbocycles. The van der Waals surface area contributed by atoms with Crippen LogP contribution in [0.25, 0.3) is 0 Å². The average Bonchev–Trinajstić information content (AvgIpc) is 2.96. The summed E-state index contributed by atoms with van der Waals surface area (Å²) in [7, 11) is 1.61. The molecule has 1 aromatic carbocycles. The maximum absolute atomic E-state index is 12.0. The summed E-state index contributed by atoms with van der Waals surface area (Å²) < 4.78 is 0. The van der Waals surface area contributed by atoms with Crippen molar-refractivity contribution in [3.63, 3.8) is 0 Å². The van der Waals surface area contributed by atoms with E-state index in [1.54, 1.807) is 7.05 Å². The standard InChI is InChI=1S/C18H16N4OS/c1-22-17(23)8-14(21-18(22)20)11-3-5-16-13(7-11)12-6-10(9-19)2-4-15(12)24-16/h2-7,12,14-15H,8H2,1H3,(H2,20,21). The highest BCUT2D eigenvalue weighted by Crippen LogP contribution is 2.49. The van der Waals surface area contributed by atoms with Crippen molar-refractivity contribution < 1.29 is 4.79 Å². The van der Waals surface area contributed by atoms with Crippen LogP contribution in [0.5, 0.6) is 0 Å². The zero-order valence-electron chi connectivity index (χ0n) is 13.1. The third-order valence-corrected chi connectivity index (χ3v) is 6.11. The van der Waals surface area contributed by atoms with Crippen LogP contribution in [-0.4, -0.2) is 29.1 Å². The lowest BCUT2D eigenvalue weighted by atomic mass is 9.88. The molecule has 0 bridgehead atoms. The van der Waals surface area contributed by atoms with Crippen molar-refractivity contribution in [1.29, 1.82) is 10.7 Å². The highest BCUT2D eigenvalue weighted by molar-refractivity contribution is 8.00. The summed E-state index contributed by atoms with van der Waals surface area (Å²) in [5.74, 6) is 0.283. The van der Waals surface area contributed by atoms with Crippen LogP contribution in [0.4, 0.5) is 0 Å². The Kier molecular flexibility index (Phi) is 3.47. The predicted molar refractivity (Wildman–Crippen MR) is 92.7 cm³/mol. The molecular weight excluding hydrogens is 320 g/mol. The Morgan fingerprint density at radius 1 is 1.46 bits per heavy atom. The van der Waals surface area contributed by atoms with Gasteiger partial charge in [0.2, 0.25) is 5.91 Å². The molecule has 2 heterocycles. The normalized spacial score (nSPS) is 27.9. The summed E-state index contributed by atoms with van der Waals surface area (Å²) >= 11 is 1.81. The molecule has 3 unspecified atom stereocenters. The van der Waals surface area contributed by atoms with E-state index in [1.807, 2.05) is 30.0 Å². The Morgan fingerprint density at radius 3 is 3.04 bits per heavy atom. The summed E-state index contributed by atoms with van der Waals surface area (Å²) in [4.78, 5) is 14.6. The zero-order valence-corrected chi connectivity index (χ0v) is 13.9. The van der Waals surface area contributed by atoms with Crippen molar-refractivity contribution in [2.75, 3.05) is 7.05 Å². The molecular formula is C18H16N4OS. The van der Waals surface area contributed by atoms with Crippen molar-refractivity contribution in [2.24, 2.45) is 0 Å². The van der Waals surface area contributed by atoms with Gasteiger partial charge in [0.05, 0.1) is 18.5 Å². The topological polar surface area (TPSA) is 80.0 Å². The number of nitrogens with zero attached hydrogens (tertiary/aromatic N) is 2. The Balaban J connectivity index is 1.67. The first kappa shape index (κ1) is 15.0. The first-order valence-electron chi connectivity index (χ1n) is 7.79. The summed E-state index contributed by atoms with van der Waals surface area (Å²) in [6.45, 7) is 0. The fourth-order valence-corrected chi connectivity index (χ4v) is 4.66. The largest absolute Gasteiger partial charge is 0.349 e. The number of amides is 1. The second kappa shape index (κ2) is 5.53. The van der Waals surface area contributed by atoms with Crippen molar-refractivity contribution >= 4 is 23.6 Å². The number of allylic oxidation sites excluding steroid dienone is 3. The number of rotatable bonds is 1. The van der Waals surface area contributed by atoms with E-state index in [1.165, 1.54) is 15.4 Å². The van der Waals surface area contributed by atoms with Gasteiger partial charge in [0.15, 0.2) is 5.96 Å². The zero-order chi connectivity index (χ0) is 16.8. The van der Waals surface area contributed by atoms with Gasteiger partial charge < -0.3 is 5.32 Å². The van der Waals surface area contributed by atoms with Crippen LogP contribution in [0.3, 0.4) is 0 Å². The minimum absolute atomic E-state index is 0.0521. The number of nitrogens with one attached hydrogen (secondary N) is 2. The monoisotopic (exact) mass is 336 g/mol. The van der Waals surface area contributed by atoms with E-state index in [0.29, 0.717) is 17.2 Å². The SMILES string of the molecule is CN1C(=N)NC(c2ccc3c(c2)C2C=C(C#N)C=CC2S3)CC1=O. The van der Waals surface area contributed by atoms with Gasteiger partial charge in [-0.05, 0) is 23.3 Å². The Labute approximate surface area is 144 Å². The predicted octanol–water partition coefficient (Wildman–Crippen LogP) is 2.69. The average molecular weight is 336 g/mol. The molecule has 5 nitrogen and oxygen atoms in total. The molecule has 4 rings (SSSR count). The number of thioether (sulfide) groups is 1. The molecule has 24 heavy (non-hydrogen) atoms. The Hall–Kier alpha value is -2.52. The number of nitriles is 1. The second-order valence-corrected chi connectivity index (χ2v) is 7.42. The van der Waals surface area contributed by atoms with E-state index in [-0.39, 0.29) is 23.8 Å². The summed E-state index contributed by atoms with van der Waals surface area (Å²) in [6, 6.07) is 8.30. The lowest BCUT2D eigenvalue weighted by molar-refractivity contribution is -0.128. The van der Waals surface area contributed by atoms with E-state index in [2.05, 4.69) is 29.6 Å². The molecule has 1 aromatic rings. The fraction of sp³-hybridized carbons (Fsp3) is 0.278. The van der Waals surface area contributed by atoms with Gasteiger partial charge in [0, 0.05) is 28.7 Å². The lowest BCUT2D eigenvalue weighted by Gasteiger charge is -2.31. The van der Waals surface area contributed by atoms with Gasteiger partial charge in [-0.3, -0.25) is 15.1 Å². The van der Waals surface area contributed by atoms with Crippen LogP contribution in [-0.2, 0) is 4.79 Å². The lowest BCUT2D eigenvalue weighted by Crippen LogP contribution is -2.49. The van der Waals surface area contributed by atoms with Gasteiger partial charge in [-0.25, -0.2) is 0 Å². The summed E-state index contributed by atoms with van der Waals surface area (Å²) in [6.07, 6.45) is 6.36. The minimum atomic E-state index is -0.172. The third kappa shape index (κ3) is 2.33. The van der Waals surface area contributed by atoms with Gasteiger partial charge in [0.1, 0.15) is 0 Å². The molecule has 6 heteroatoms. The highest BCUT2D eigenvalue weighted by atomic mass is 32.2. The van der Waals surface area contributed by atoms with Gasteiger partial charge in [-0.15, -0.1) is 11.8 Å². The van der Waals surface area contributed by atoms with Crippen LogP contribution in [0.2, 0.25) is 0 Å². The van der Waals surface area contributed by atoms with E-state index in [0.717, 1.165) is 5.56 Å². The number of carbonyl (C=O) groups is 1. The molecule has 0 radical (unpaired) electrons. The van der Waals surface area contributed by atoms with Crippen LogP contribution < -0.4 is 5.32 Å². The first-order chi connectivity index (χ1) is 11.6. The second-order valence-electron chi connectivity index (χ2n) is 6.20. The molecule has 1 amide bonds. The smallest absolute Gasteiger partial charge is 0.231 e. The number of hydrogen-bond donors (Lipinski definition) is 2. The molecule has 3 aliphatic rings. The van der Waals surface area contributed by atoms with E-state index >= 15 is 0 Å². The summed E-state index contributed by atoms with van der Waals surface area (Å²) in [5, 5.41) is 20.5. The molecule has 0 aromatic heterocycles. The first-order valence-corrected chi connectivity index (χ1v) is 8.67. The van der Waals surface area contributed by atoms with E-state index in [4.69, 9.17) is 10.7 Å². The van der Waals surface area contributed by atoms with E-state index < -0.39 is 0 Å². The van der Waals surface area contributed by atoms with Gasteiger partial charge in [-0.1, -0.05) is 24.3 Å². The van der Waals surface area contributed by atoms with Gasteiger partial charge in [-0.2, -0.15) is 5.26 Å². The Morgan fingerprint density at radius 2 is 2.29 bits per heavy atom. The quantitative estimate of drug-likeness (QED) is 0.826. The number of fused-ring (bicyclic) bond motifs is 3. The number of benzene rings is 1. The molecule has 3 atom stereocenters. The van der Waals surface area contributed by atoms with Crippen molar-refractivity contribution in [2.45, 2.75) is 28.5 Å². The fourth-order valence-electron chi connectivity index (χ4n) is 3.36. The highest BCUT2D eigenvalue weighted by Gasteiger charge is 2.34. The summed E-state index contributed by atoms with van der Waals surface area (Å²) in [5.41, 5.74) is 2.92. The van der Waals surface area contributed by atoms with Crippen LogP contribution in [0.1, 0.15) is 29.5 Å². The van der Waals surface area contributed by atoms with Crippen LogP contribution in [0, 0.1) is 16.7 Å². The number of guanidine groups is 1. The molecule has 0 spiro atoms. The molecule has 1 fully saturated rings. The molecule has 2 N–H and O–H groups in total. The van der Waals surface area contributed by atoms with Gasteiger partial charge in [0.25, 0.3) is 0 Å². The molecule has 1 aliphatic carbocycles. The van der Waals surface area contributed by atoms with E-state index in [9.17, 15) is 4.79 Å². The van der Waals surface area contributed by atoms with Crippen LogP contribution >= 0.6 is 11.8 Å². The van der Waals surface area contributed by atoms with Crippen molar-refractivity contribution in [3.05, 3.63) is 53.1 Å². The minimum Gasteiger partial charge on any atom is -0.349 e. The Bertz CT molecular complexity index is 833. The number of carbonyl (C=O) groups excluding carboxylic acids is 1. The van der Waals surface area contributed by atoms with Crippen molar-refractivity contribution in [1.82, 2.24) is 10.2 Å². The third-order valence-electron chi connectivity index (χ3n) is 4.77. The maximum Gasteiger partial charge on any atom is 0.231 e.